The second-order valence-electron chi connectivity index (χ2n) is 9.17. The lowest BCUT2D eigenvalue weighted by Gasteiger charge is -2.51. The molecule has 2 aromatic carbocycles. The Morgan fingerprint density at radius 3 is 2.33 bits per heavy atom. The first-order valence-electron chi connectivity index (χ1n) is 11.1. The van der Waals surface area contributed by atoms with Gasteiger partial charge in [-0.05, 0) is 55.2 Å². The summed E-state index contributed by atoms with van der Waals surface area (Å²) in [6.07, 6.45) is 0.834. The lowest BCUT2D eigenvalue weighted by Crippen LogP contribution is -2.56. The highest BCUT2D eigenvalue weighted by molar-refractivity contribution is 6.30. The number of carbonyl (C=O) groups is 3. The fraction of sp³-hybridized carbons (Fsp3) is 0.423. The van der Waals surface area contributed by atoms with Gasteiger partial charge in [0.2, 0.25) is 5.91 Å². The monoisotopic (exact) mass is 489 g/mol. The number of likely N-dealkylation sites (tertiary alicyclic amines) is 1. The highest BCUT2D eigenvalue weighted by Gasteiger charge is 2.52. The van der Waals surface area contributed by atoms with Crippen LogP contribution in [0.25, 0.3) is 0 Å². The summed E-state index contributed by atoms with van der Waals surface area (Å²) in [5.41, 5.74) is 0.692. The molecule has 176 valence electrons. The lowest BCUT2D eigenvalue weighted by atomic mass is 9.67. The van der Waals surface area contributed by atoms with Crippen molar-refractivity contribution < 1.29 is 19.5 Å². The summed E-state index contributed by atoms with van der Waals surface area (Å²) in [4.78, 5) is 39.6. The summed E-state index contributed by atoms with van der Waals surface area (Å²) >= 11 is 12.5. The Balaban J connectivity index is 2.24. The van der Waals surface area contributed by atoms with Crippen LogP contribution < -0.4 is 0 Å². The quantitative estimate of drug-likeness (QED) is 0.472. The number of hydrogen-bond acceptors (Lipinski definition) is 3. The molecule has 1 fully saturated rings. The minimum absolute atomic E-state index is 0.0191. The van der Waals surface area contributed by atoms with E-state index in [4.69, 9.17) is 23.2 Å². The molecule has 5 nitrogen and oxygen atoms in total. The van der Waals surface area contributed by atoms with Gasteiger partial charge in [0.1, 0.15) is 5.78 Å². The smallest absolute Gasteiger partial charge is 0.304 e. The molecule has 2 aromatic rings. The third-order valence-electron chi connectivity index (χ3n) is 6.52. The molecule has 0 aliphatic carbocycles. The zero-order chi connectivity index (χ0) is 24.3. The van der Waals surface area contributed by atoms with Crippen LogP contribution in [0.4, 0.5) is 0 Å². The number of ketones is 1. The summed E-state index contributed by atoms with van der Waals surface area (Å²) in [5.74, 6) is -1.50. The Kier molecular flexibility index (Phi) is 7.86. The van der Waals surface area contributed by atoms with E-state index in [2.05, 4.69) is 0 Å². The van der Waals surface area contributed by atoms with Crippen molar-refractivity contribution in [3.05, 3.63) is 69.7 Å². The largest absolute Gasteiger partial charge is 0.481 e. The summed E-state index contributed by atoms with van der Waals surface area (Å²) < 4.78 is 0. The normalized spacial score (nSPS) is 23.9. The van der Waals surface area contributed by atoms with E-state index in [9.17, 15) is 19.5 Å². The van der Waals surface area contributed by atoms with Crippen LogP contribution in [-0.2, 0) is 14.4 Å². The second kappa shape index (κ2) is 10.3. The van der Waals surface area contributed by atoms with Gasteiger partial charge in [-0.15, -0.1) is 0 Å². The van der Waals surface area contributed by atoms with Gasteiger partial charge in [0.15, 0.2) is 0 Å². The van der Waals surface area contributed by atoms with Crippen LogP contribution in [0, 0.1) is 5.41 Å². The van der Waals surface area contributed by atoms with Gasteiger partial charge >= 0.3 is 5.97 Å². The standard InChI is InChI=1S/C26H29Cl2NO4/c1-4-21(12-16(2)30)29-24(17-8-10-19(27)11-9-17)22(18-6-5-7-20(28)13-18)14-26(3,25(29)33)15-23(31)32/h5-11,13,21-22,24H,4,12,14-15H2,1-3H3,(H,31,32)/t21-,22+,24+,26-/m0/s1. The van der Waals surface area contributed by atoms with Crippen molar-refractivity contribution in [2.75, 3.05) is 0 Å². The number of piperidine rings is 1. The van der Waals surface area contributed by atoms with Gasteiger partial charge in [0.05, 0.1) is 17.9 Å². The van der Waals surface area contributed by atoms with E-state index >= 15 is 0 Å². The van der Waals surface area contributed by atoms with Gasteiger partial charge in [-0.3, -0.25) is 14.4 Å². The maximum Gasteiger partial charge on any atom is 0.304 e. The molecule has 33 heavy (non-hydrogen) atoms. The van der Waals surface area contributed by atoms with Gasteiger partial charge in [-0.25, -0.2) is 0 Å². The molecular formula is C26H29Cl2NO4. The molecule has 4 atom stereocenters. The highest BCUT2D eigenvalue weighted by Crippen LogP contribution is 2.52. The molecule has 0 spiro atoms. The van der Waals surface area contributed by atoms with E-state index in [1.54, 1.807) is 30.0 Å². The zero-order valence-electron chi connectivity index (χ0n) is 19.1. The lowest BCUT2D eigenvalue weighted by molar-refractivity contribution is -0.161. The summed E-state index contributed by atoms with van der Waals surface area (Å²) in [7, 11) is 0. The van der Waals surface area contributed by atoms with E-state index in [1.807, 2.05) is 37.3 Å². The first-order chi connectivity index (χ1) is 15.6. The molecule has 0 aromatic heterocycles. The van der Waals surface area contributed by atoms with Crippen LogP contribution in [0.2, 0.25) is 10.0 Å². The van der Waals surface area contributed by atoms with Gasteiger partial charge in [-0.2, -0.15) is 0 Å². The van der Waals surface area contributed by atoms with Gasteiger partial charge in [0, 0.05) is 28.4 Å². The van der Waals surface area contributed by atoms with Crippen LogP contribution in [0.3, 0.4) is 0 Å². The van der Waals surface area contributed by atoms with Crippen molar-refractivity contribution in [3.8, 4) is 0 Å². The molecule has 1 heterocycles. The number of carbonyl (C=O) groups excluding carboxylic acids is 2. The Morgan fingerprint density at radius 1 is 1.12 bits per heavy atom. The molecule has 0 bridgehead atoms. The maximum absolute atomic E-state index is 14.0. The van der Waals surface area contributed by atoms with Crippen molar-refractivity contribution in [1.82, 2.24) is 4.90 Å². The van der Waals surface area contributed by atoms with Crippen molar-refractivity contribution in [3.63, 3.8) is 0 Å². The highest BCUT2D eigenvalue weighted by atomic mass is 35.5. The fourth-order valence-electron chi connectivity index (χ4n) is 5.05. The van der Waals surface area contributed by atoms with Crippen LogP contribution in [0.15, 0.2) is 48.5 Å². The van der Waals surface area contributed by atoms with Crippen molar-refractivity contribution >= 4 is 40.9 Å². The first-order valence-corrected chi connectivity index (χ1v) is 11.9. The Bertz CT molecular complexity index is 1040. The summed E-state index contributed by atoms with van der Waals surface area (Å²) in [6.45, 7) is 5.17. The Morgan fingerprint density at radius 2 is 1.79 bits per heavy atom. The van der Waals surface area contributed by atoms with Crippen LogP contribution in [0.1, 0.15) is 69.5 Å². The molecule has 0 unspecified atom stereocenters. The number of carboxylic acids is 1. The van der Waals surface area contributed by atoms with E-state index in [0.29, 0.717) is 22.9 Å². The second-order valence-corrected chi connectivity index (χ2v) is 10.0. The van der Waals surface area contributed by atoms with Crippen LogP contribution in [0.5, 0.6) is 0 Å². The predicted octanol–water partition coefficient (Wildman–Crippen LogP) is 6.29. The minimum Gasteiger partial charge on any atom is -0.481 e. The Hall–Kier alpha value is -2.37. The average Bonchev–Trinajstić information content (AvgIpc) is 2.74. The summed E-state index contributed by atoms with van der Waals surface area (Å²) in [6, 6.07) is 14.1. The molecule has 1 aliphatic heterocycles. The number of benzene rings is 2. The third-order valence-corrected chi connectivity index (χ3v) is 7.01. The molecule has 0 saturated carbocycles. The molecule has 1 saturated heterocycles. The molecule has 1 aliphatic rings. The Labute approximate surface area is 204 Å². The molecule has 1 amide bonds. The van der Waals surface area contributed by atoms with Crippen molar-refractivity contribution in [2.45, 2.75) is 64.5 Å². The number of Topliss-reactive ketones (excluding diaryl/α,β-unsaturated/α-hetero) is 1. The number of aliphatic carboxylic acids is 1. The minimum atomic E-state index is -1.12. The number of nitrogens with zero attached hydrogens (tertiary/aromatic N) is 1. The van der Waals surface area contributed by atoms with Gasteiger partial charge in [0.25, 0.3) is 0 Å². The van der Waals surface area contributed by atoms with Crippen LogP contribution >= 0.6 is 23.2 Å². The van der Waals surface area contributed by atoms with E-state index in [1.165, 1.54) is 6.92 Å². The molecular weight excluding hydrogens is 461 g/mol. The molecule has 0 radical (unpaired) electrons. The third kappa shape index (κ3) is 5.59. The van der Waals surface area contributed by atoms with Crippen LogP contribution in [-0.4, -0.2) is 33.7 Å². The number of amides is 1. The average molecular weight is 490 g/mol. The zero-order valence-corrected chi connectivity index (χ0v) is 20.6. The van der Waals surface area contributed by atoms with E-state index in [0.717, 1.165) is 11.1 Å². The topological polar surface area (TPSA) is 74.7 Å². The molecule has 7 heteroatoms. The van der Waals surface area contributed by atoms with Gasteiger partial charge < -0.3 is 10.0 Å². The number of rotatable bonds is 8. The molecule has 1 N–H and O–H groups in total. The summed E-state index contributed by atoms with van der Waals surface area (Å²) in [5, 5.41) is 10.8. The van der Waals surface area contributed by atoms with Crippen molar-refractivity contribution in [1.29, 1.82) is 0 Å². The van der Waals surface area contributed by atoms with Crippen molar-refractivity contribution in [2.24, 2.45) is 5.41 Å². The number of carboxylic acid groups (broad SMARTS) is 1. The first kappa shape index (κ1) is 25.3. The number of halogens is 2. The predicted molar refractivity (Wildman–Crippen MR) is 130 cm³/mol. The SMILES string of the molecule is CC[C@@H](CC(C)=O)N1C(=O)[C@](C)(CC(=O)O)C[C@H](c2cccc(Cl)c2)[C@H]1c1ccc(Cl)cc1. The van der Waals surface area contributed by atoms with Gasteiger partial charge in [-0.1, -0.05) is 61.3 Å². The number of hydrogen-bond donors (Lipinski definition) is 1. The van der Waals surface area contributed by atoms with E-state index < -0.39 is 11.4 Å². The maximum atomic E-state index is 14.0. The van der Waals surface area contributed by atoms with E-state index in [-0.39, 0.29) is 42.5 Å². The molecule has 3 rings (SSSR count). The fourth-order valence-corrected chi connectivity index (χ4v) is 5.38.